The molecule has 0 saturated heterocycles. The second-order valence-corrected chi connectivity index (χ2v) is 5.78. The van der Waals surface area contributed by atoms with Crippen molar-refractivity contribution in [3.05, 3.63) is 56.6 Å². The molecule has 0 heterocycles. The zero-order valence-corrected chi connectivity index (χ0v) is 14.7. The van der Waals surface area contributed by atoms with Crippen molar-refractivity contribution in [2.75, 3.05) is 19.0 Å². The van der Waals surface area contributed by atoms with Crippen molar-refractivity contribution in [2.45, 2.75) is 13.8 Å². The molecule has 0 aliphatic rings. The zero-order chi connectivity index (χ0) is 18.6. The predicted octanol–water partition coefficient (Wildman–Crippen LogP) is 3.89. The molecule has 0 unspecified atom stereocenters. The number of halogens is 1. The summed E-state index contributed by atoms with van der Waals surface area (Å²) >= 11 is 5.87. The molecule has 0 aliphatic carbocycles. The maximum Gasteiger partial charge on any atom is 0.311 e. The van der Waals surface area contributed by atoms with Crippen LogP contribution in [0.15, 0.2) is 30.3 Å². The summed E-state index contributed by atoms with van der Waals surface area (Å²) < 4.78 is 10.5. The van der Waals surface area contributed by atoms with Gasteiger partial charge in [-0.1, -0.05) is 11.6 Å². The Morgan fingerprint density at radius 3 is 2.52 bits per heavy atom. The number of nitro groups is 1. The van der Waals surface area contributed by atoms with Gasteiger partial charge in [0.2, 0.25) is 0 Å². The second-order valence-electron chi connectivity index (χ2n) is 5.34. The third kappa shape index (κ3) is 4.60. The number of nitro benzene ring substituents is 1. The Bertz CT molecular complexity index is 823. The minimum Gasteiger partial charge on any atom is -0.490 e. The topological polar surface area (TPSA) is 90.7 Å². The number of ether oxygens (including phenoxy) is 2. The number of hydrogen-bond acceptors (Lipinski definition) is 5. The van der Waals surface area contributed by atoms with Crippen LogP contribution in [-0.2, 0) is 4.79 Å². The van der Waals surface area contributed by atoms with E-state index in [-0.39, 0.29) is 18.0 Å². The Morgan fingerprint density at radius 2 is 1.92 bits per heavy atom. The van der Waals surface area contributed by atoms with E-state index in [4.69, 9.17) is 21.1 Å². The highest BCUT2D eigenvalue weighted by molar-refractivity contribution is 6.30. The predicted molar refractivity (Wildman–Crippen MR) is 94.7 cm³/mol. The van der Waals surface area contributed by atoms with Gasteiger partial charge in [0.1, 0.15) is 5.75 Å². The van der Waals surface area contributed by atoms with Crippen molar-refractivity contribution >= 4 is 28.9 Å². The summed E-state index contributed by atoms with van der Waals surface area (Å²) in [5, 5.41) is 14.2. The summed E-state index contributed by atoms with van der Waals surface area (Å²) in [5.74, 6) is 0.228. The van der Waals surface area contributed by atoms with Gasteiger partial charge in [0.25, 0.3) is 5.91 Å². The van der Waals surface area contributed by atoms with E-state index in [1.54, 1.807) is 25.1 Å². The van der Waals surface area contributed by atoms with Gasteiger partial charge < -0.3 is 14.8 Å². The summed E-state index contributed by atoms with van der Waals surface area (Å²) in [6.07, 6.45) is 0. The zero-order valence-electron chi connectivity index (χ0n) is 14.0. The van der Waals surface area contributed by atoms with Gasteiger partial charge in [0.15, 0.2) is 12.4 Å². The number of nitrogens with zero attached hydrogens (tertiary/aromatic N) is 1. The molecule has 0 aliphatic heterocycles. The van der Waals surface area contributed by atoms with Gasteiger partial charge in [-0.2, -0.15) is 0 Å². The molecular weight excluding hydrogens is 348 g/mol. The smallest absolute Gasteiger partial charge is 0.311 e. The summed E-state index contributed by atoms with van der Waals surface area (Å²) in [5.41, 5.74) is 1.62. The minimum atomic E-state index is -0.538. The molecule has 0 radical (unpaired) electrons. The van der Waals surface area contributed by atoms with Crippen molar-refractivity contribution in [1.82, 2.24) is 0 Å². The maximum atomic E-state index is 12.1. The van der Waals surface area contributed by atoms with Crippen molar-refractivity contribution in [1.29, 1.82) is 0 Å². The number of nitrogens with one attached hydrogen (secondary N) is 1. The van der Waals surface area contributed by atoms with Crippen LogP contribution in [0.5, 0.6) is 11.5 Å². The van der Waals surface area contributed by atoms with Crippen LogP contribution in [0, 0.1) is 24.0 Å². The van der Waals surface area contributed by atoms with Gasteiger partial charge in [-0.05, 0) is 43.2 Å². The van der Waals surface area contributed by atoms with E-state index >= 15 is 0 Å². The lowest BCUT2D eigenvalue weighted by Gasteiger charge is -2.12. The monoisotopic (exact) mass is 364 g/mol. The number of carbonyl (C=O) groups excluding carboxylic acids is 1. The summed E-state index contributed by atoms with van der Waals surface area (Å²) in [7, 11) is 1.33. The standard InChI is InChI=1S/C17H17ClN2O5/c1-10-7-14(20(22)23)16(24-3)8-13(10)19-17(21)9-25-15-5-4-12(18)6-11(15)2/h4-8H,9H2,1-3H3,(H,19,21). The SMILES string of the molecule is COc1cc(NC(=O)COc2ccc(Cl)cc2C)c(C)cc1[N+](=O)[O-]. The molecule has 1 N–H and O–H groups in total. The average molecular weight is 365 g/mol. The first-order valence-electron chi connectivity index (χ1n) is 7.33. The molecular formula is C17H17ClN2O5. The fourth-order valence-corrected chi connectivity index (χ4v) is 2.44. The van der Waals surface area contributed by atoms with Crippen LogP contribution in [0.2, 0.25) is 5.02 Å². The normalized spacial score (nSPS) is 10.2. The fourth-order valence-electron chi connectivity index (χ4n) is 2.22. The van der Waals surface area contributed by atoms with Gasteiger partial charge >= 0.3 is 5.69 Å². The highest BCUT2D eigenvalue weighted by Crippen LogP contribution is 2.32. The lowest BCUT2D eigenvalue weighted by Crippen LogP contribution is -2.21. The van der Waals surface area contributed by atoms with Crippen LogP contribution in [-0.4, -0.2) is 24.5 Å². The van der Waals surface area contributed by atoms with Gasteiger partial charge in [-0.15, -0.1) is 0 Å². The van der Waals surface area contributed by atoms with E-state index in [1.807, 2.05) is 6.92 Å². The Morgan fingerprint density at radius 1 is 1.20 bits per heavy atom. The van der Waals surface area contributed by atoms with Crippen molar-refractivity contribution in [3.63, 3.8) is 0 Å². The number of benzene rings is 2. The Labute approximate surface area is 149 Å². The molecule has 132 valence electrons. The van der Waals surface area contributed by atoms with Crippen LogP contribution in [0.4, 0.5) is 11.4 Å². The lowest BCUT2D eigenvalue weighted by molar-refractivity contribution is -0.385. The van der Waals surface area contributed by atoms with Crippen LogP contribution >= 0.6 is 11.6 Å². The van der Waals surface area contributed by atoms with Gasteiger partial charge in [0.05, 0.1) is 12.0 Å². The molecule has 0 saturated carbocycles. The van der Waals surface area contributed by atoms with Crippen molar-refractivity contribution in [3.8, 4) is 11.5 Å². The van der Waals surface area contributed by atoms with E-state index in [9.17, 15) is 14.9 Å². The number of anilines is 1. The molecule has 2 rings (SSSR count). The van der Waals surface area contributed by atoms with Gasteiger partial charge in [-0.25, -0.2) is 0 Å². The summed E-state index contributed by atoms with van der Waals surface area (Å²) in [6.45, 7) is 3.28. The van der Waals surface area contributed by atoms with Crippen LogP contribution < -0.4 is 14.8 Å². The largest absolute Gasteiger partial charge is 0.490 e. The molecule has 7 nitrogen and oxygen atoms in total. The molecule has 8 heteroatoms. The van der Waals surface area contributed by atoms with E-state index in [0.717, 1.165) is 5.56 Å². The molecule has 0 atom stereocenters. The van der Waals surface area contributed by atoms with Crippen molar-refractivity contribution in [2.24, 2.45) is 0 Å². The fraction of sp³-hybridized carbons (Fsp3) is 0.235. The molecule has 0 bridgehead atoms. The first-order chi connectivity index (χ1) is 11.8. The Balaban J connectivity index is 2.08. The number of hydrogen-bond donors (Lipinski definition) is 1. The van der Waals surface area contributed by atoms with E-state index < -0.39 is 10.8 Å². The molecule has 0 fully saturated rings. The highest BCUT2D eigenvalue weighted by Gasteiger charge is 2.18. The molecule has 0 spiro atoms. The van der Waals surface area contributed by atoms with Crippen molar-refractivity contribution < 1.29 is 19.2 Å². The summed E-state index contributed by atoms with van der Waals surface area (Å²) in [6, 6.07) is 7.86. The lowest BCUT2D eigenvalue weighted by atomic mass is 10.1. The van der Waals surface area contributed by atoms with E-state index in [2.05, 4.69) is 5.32 Å². The quantitative estimate of drug-likeness (QED) is 0.620. The number of methoxy groups -OCH3 is 1. The molecule has 25 heavy (non-hydrogen) atoms. The molecule has 0 aromatic heterocycles. The second kappa shape index (κ2) is 7.85. The Kier molecular flexibility index (Phi) is 5.82. The van der Waals surface area contributed by atoms with E-state index in [0.29, 0.717) is 22.0 Å². The van der Waals surface area contributed by atoms with Gasteiger partial charge in [-0.3, -0.25) is 14.9 Å². The highest BCUT2D eigenvalue weighted by atomic mass is 35.5. The number of rotatable bonds is 6. The molecule has 2 aromatic carbocycles. The summed E-state index contributed by atoms with van der Waals surface area (Å²) in [4.78, 5) is 22.6. The van der Waals surface area contributed by atoms with E-state index in [1.165, 1.54) is 19.2 Å². The number of carbonyl (C=O) groups is 1. The van der Waals surface area contributed by atoms with Crippen LogP contribution in [0.1, 0.15) is 11.1 Å². The van der Waals surface area contributed by atoms with Crippen LogP contribution in [0.25, 0.3) is 0 Å². The number of aryl methyl sites for hydroxylation is 2. The maximum absolute atomic E-state index is 12.1. The third-order valence-corrected chi connectivity index (χ3v) is 3.73. The first kappa shape index (κ1) is 18.5. The average Bonchev–Trinajstić information content (AvgIpc) is 2.55. The Hall–Kier alpha value is -2.80. The van der Waals surface area contributed by atoms with Crippen LogP contribution in [0.3, 0.4) is 0 Å². The minimum absolute atomic E-state index is 0.0698. The number of amides is 1. The van der Waals surface area contributed by atoms with Gasteiger partial charge in [0, 0.05) is 22.8 Å². The molecule has 1 amide bonds. The third-order valence-electron chi connectivity index (χ3n) is 3.49. The first-order valence-corrected chi connectivity index (χ1v) is 7.71. The molecule has 2 aromatic rings.